The molecule has 1 aliphatic heterocycles. The Bertz CT molecular complexity index is 1130. The van der Waals surface area contributed by atoms with E-state index < -0.39 is 15.3 Å². The first-order valence-electron chi connectivity index (χ1n) is 11.1. The van der Waals surface area contributed by atoms with Gasteiger partial charge in [0.05, 0.1) is 10.7 Å². The summed E-state index contributed by atoms with van der Waals surface area (Å²) < 4.78 is 27.4. The molecule has 168 valence electrons. The van der Waals surface area contributed by atoms with Gasteiger partial charge >= 0.3 is 0 Å². The number of carbonyl (C=O) groups excluding carboxylic acids is 1. The van der Waals surface area contributed by atoms with Crippen molar-refractivity contribution in [1.29, 1.82) is 0 Å². The van der Waals surface area contributed by atoms with E-state index in [1.54, 1.807) is 0 Å². The van der Waals surface area contributed by atoms with Crippen molar-refractivity contribution in [3.63, 3.8) is 0 Å². The average molecular weight is 469 g/mol. The molecule has 2 aromatic carbocycles. The zero-order chi connectivity index (χ0) is 22.4. The van der Waals surface area contributed by atoms with Gasteiger partial charge in [-0.3, -0.25) is 4.79 Å². The summed E-state index contributed by atoms with van der Waals surface area (Å²) in [5.41, 5.74) is 3.09. The summed E-state index contributed by atoms with van der Waals surface area (Å²) >= 11 is 1.51. The molecule has 0 radical (unpaired) electrons. The van der Waals surface area contributed by atoms with Gasteiger partial charge in [0.15, 0.2) is 0 Å². The maximum atomic E-state index is 13.2. The Morgan fingerprint density at radius 3 is 2.28 bits per heavy atom. The minimum absolute atomic E-state index is 0.274. The lowest BCUT2D eigenvalue weighted by molar-refractivity contribution is -0.133. The third kappa shape index (κ3) is 5.45. The number of nitrogens with zero attached hydrogens (tertiary/aromatic N) is 2. The Hall–Kier alpha value is -2.51. The van der Waals surface area contributed by atoms with Gasteiger partial charge in [-0.05, 0) is 36.8 Å². The van der Waals surface area contributed by atoms with Crippen LogP contribution in [0.4, 0.5) is 0 Å². The second kappa shape index (κ2) is 10.4. The van der Waals surface area contributed by atoms with Crippen LogP contribution in [0.15, 0.2) is 66.0 Å². The molecule has 1 aliphatic rings. The van der Waals surface area contributed by atoms with Gasteiger partial charge in [0.1, 0.15) is 5.25 Å². The molecule has 1 fully saturated rings. The molecule has 32 heavy (non-hydrogen) atoms. The summed E-state index contributed by atoms with van der Waals surface area (Å²) in [4.78, 5) is 16.6. The van der Waals surface area contributed by atoms with Crippen molar-refractivity contribution in [3.05, 3.63) is 87.9 Å². The molecular weight excluding hydrogens is 440 g/mol. The molecule has 1 aromatic heterocycles. The number of carbonyl (C=O) groups is 1. The molecule has 3 aromatic rings. The quantitative estimate of drug-likeness (QED) is 0.295. The van der Waals surface area contributed by atoms with E-state index in [1.807, 2.05) is 41.8 Å². The average Bonchev–Trinajstić information content (AvgIpc) is 3.24. The van der Waals surface area contributed by atoms with Crippen LogP contribution >= 0.6 is 11.3 Å². The van der Waals surface area contributed by atoms with E-state index in [4.69, 9.17) is 4.98 Å². The summed E-state index contributed by atoms with van der Waals surface area (Å²) in [6.07, 6.45) is 5.94. The van der Waals surface area contributed by atoms with Gasteiger partial charge in [-0.15, -0.1) is 11.3 Å². The molecule has 4 rings (SSSR count). The monoisotopic (exact) mass is 468 g/mol. The van der Waals surface area contributed by atoms with E-state index in [-0.39, 0.29) is 18.9 Å². The van der Waals surface area contributed by atoms with E-state index in [9.17, 15) is 13.2 Å². The van der Waals surface area contributed by atoms with Gasteiger partial charge in [0, 0.05) is 24.8 Å². The van der Waals surface area contributed by atoms with Gasteiger partial charge < -0.3 is 0 Å². The molecule has 7 heteroatoms. The van der Waals surface area contributed by atoms with Gasteiger partial charge in [-0.2, -0.15) is 0 Å². The largest absolute Gasteiger partial charge is 0.274 e. The summed E-state index contributed by atoms with van der Waals surface area (Å²) in [5.74, 6) is -0.318. The molecule has 1 unspecified atom stereocenters. The van der Waals surface area contributed by atoms with Crippen molar-refractivity contribution in [2.75, 3.05) is 6.54 Å². The number of hydrogen-bond donors (Lipinski definition) is 0. The first-order chi connectivity index (χ1) is 15.5. The Morgan fingerprint density at radius 1 is 0.938 bits per heavy atom. The lowest BCUT2D eigenvalue weighted by Crippen LogP contribution is -2.49. The highest BCUT2D eigenvalue weighted by Gasteiger charge is 2.41. The zero-order valence-electron chi connectivity index (χ0n) is 18.0. The minimum Gasteiger partial charge on any atom is -0.274 e. The number of sulfonamides is 1. The lowest BCUT2D eigenvalue weighted by Gasteiger charge is -2.33. The fraction of sp³-hybridized carbons (Fsp3) is 0.360. The van der Waals surface area contributed by atoms with Crippen molar-refractivity contribution >= 4 is 27.3 Å². The van der Waals surface area contributed by atoms with Gasteiger partial charge in [-0.25, -0.2) is 17.7 Å². The first kappa shape index (κ1) is 22.7. The van der Waals surface area contributed by atoms with Crippen molar-refractivity contribution in [1.82, 2.24) is 9.29 Å². The van der Waals surface area contributed by atoms with Crippen LogP contribution in [0, 0.1) is 0 Å². The highest BCUT2D eigenvalue weighted by molar-refractivity contribution is 7.90. The third-order valence-electron chi connectivity index (χ3n) is 5.85. The second-order valence-corrected chi connectivity index (χ2v) is 11.1. The smallest absolute Gasteiger partial charge is 0.244 e. The number of rotatable bonds is 11. The number of thiazole rings is 1. The van der Waals surface area contributed by atoms with Crippen LogP contribution in [0.2, 0.25) is 0 Å². The van der Waals surface area contributed by atoms with Gasteiger partial charge in [-0.1, -0.05) is 67.1 Å². The fourth-order valence-electron chi connectivity index (χ4n) is 3.95. The van der Waals surface area contributed by atoms with Crippen LogP contribution in [0.3, 0.4) is 0 Å². The van der Waals surface area contributed by atoms with Crippen LogP contribution in [0.1, 0.15) is 52.8 Å². The molecule has 0 N–H and O–H groups in total. The number of aromatic nitrogens is 1. The maximum absolute atomic E-state index is 13.2. The number of aryl methyl sites for hydroxylation is 2. The van der Waals surface area contributed by atoms with Gasteiger partial charge in [0.25, 0.3) is 0 Å². The highest BCUT2D eigenvalue weighted by atomic mass is 32.2. The van der Waals surface area contributed by atoms with Crippen molar-refractivity contribution < 1.29 is 13.2 Å². The normalized spacial score (nSPS) is 14.9. The third-order valence-corrected chi connectivity index (χ3v) is 8.92. The van der Waals surface area contributed by atoms with E-state index in [2.05, 4.69) is 24.3 Å². The van der Waals surface area contributed by atoms with Crippen LogP contribution in [0.5, 0.6) is 0 Å². The molecule has 5 nitrogen and oxygen atoms in total. The fourth-order valence-corrected chi connectivity index (χ4v) is 6.83. The number of benzene rings is 2. The molecular formula is C25H28N2O3S2. The number of β-lactam (4-membered cyclic amide) rings is 1. The molecule has 1 saturated heterocycles. The van der Waals surface area contributed by atoms with Crippen LogP contribution in [0.25, 0.3) is 0 Å². The van der Waals surface area contributed by atoms with Crippen molar-refractivity contribution in [2.45, 2.75) is 50.2 Å². The molecule has 0 saturated carbocycles. The van der Waals surface area contributed by atoms with E-state index in [0.29, 0.717) is 12.0 Å². The zero-order valence-corrected chi connectivity index (χ0v) is 19.7. The standard InChI is InChI=1S/C25H28N2O3S2/c28-25-16-17-27(25)32(29,30)23(21-13-7-3-8-14-21)18-24-26-22(19-31-24)15-9-2-6-12-20-10-4-1-5-11-20/h1,3-5,7-8,10-11,13-14,19,23H,2,6,9,12,15-18H2. The Morgan fingerprint density at radius 2 is 1.62 bits per heavy atom. The molecule has 1 atom stereocenters. The predicted octanol–water partition coefficient (Wildman–Crippen LogP) is 4.94. The van der Waals surface area contributed by atoms with Crippen molar-refractivity contribution in [2.24, 2.45) is 0 Å². The Labute approximate surface area is 194 Å². The van der Waals surface area contributed by atoms with Crippen LogP contribution < -0.4 is 0 Å². The predicted molar refractivity (Wildman–Crippen MR) is 128 cm³/mol. The summed E-state index contributed by atoms with van der Waals surface area (Å²) in [6.45, 7) is 0.274. The molecule has 2 heterocycles. The Kier molecular flexibility index (Phi) is 7.37. The van der Waals surface area contributed by atoms with E-state index >= 15 is 0 Å². The summed E-state index contributed by atoms with van der Waals surface area (Å²) in [5, 5.41) is 2.04. The molecule has 0 aliphatic carbocycles. The van der Waals surface area contributed by atoms with E-state index in [0.717, 1.165) is 47.1 Å². The van der Waals surface area contributed by atoms with Crippen LogP contribution in [-0.4, -0.2) is 30.2 Å². The Balaban J connectivity index is 1.36. The maximum Gasteiger partial charge on any atom is 0.244 e. The highest BCUT2D eigenvalue weighted by Crippen LogP contribution is 2.33. The number of hydrogen-bond acceptors (Lipinski definition) is 5. The van der Waals surface area contributed by atoms with Crippen molar-refractivity contribution in [3.8, 4) is 0 Å². The first-order valence-corrected chi connectivity index (χ1v) is 13.5. The lowest BCUT2D eigenvalue weighted by atomic mass is 10.1. The molecule has 0 spiro atoms. The SMILES string of the molecule is O=C1CCN1S(=O)(=O)C(Cc1nc(CCCCCc2ccccc2)cs1)c1ccccc1. The number of amides is 1. The molecule has 1 amide bonds. The van der Waals surface area contributed by atoms with E-state index in [1.165, 1.54) is 16.9 Å². The number of unbranched alkanes of at least 4 members (excludes halogenated alkanes) is 2. The minimum atomic E-state index is -3.76. The summed E-state index contributed by atoms with van der Waals surface area (Å²) in [6, 6.07) is 19.7. The van der Waals surface area contributed by atoms with Crippen LogP contribution in [-0.2, 0) is 34.1 Å². The summed E-state index contributed by atoms with van der Waals surface area (Å²) in [7, 11) is -3.76. The molecule has 0 bridgehead atoms. The second-order valence-electron chi connectivity index (χ2n) is 8.14. The topological polar surface area (TPSA) is 67.3 Å². The van der Waals surface area contributed by atoms with Gasteiger partial charge in [0.2, 0.25) is 15.9 Å².